The lowest BCUT2D eigenvalue weighted by Crippen LogP contribution is -2.16. The van der Waals surface area contributed by atoms with Gasteiger partial charge in [-0.15, -0.1) is 17.0 Å². The van der Waals surface area contributed by atoms with Crippen molar-refractivity contribution in [3.05, 3.63) is 111 Å². The highest BCUT2D eigenvalue weighted by Gasteiger charge is 2.25. The molecule has 0 fully saturated rings. The Hall–Kier alpha value is -3.37. The minimum atomic E-state index is -0.335. The summed E-state index contributed by atoms with van der Waals surface area (Å²) in [5.41, 5.74) is 4.48. The molecule has 1 heterocycles. The zero-order valence-electron chi connectivity index (χ0n) is 19.2. The number of nitrogens with one attached hydrogen (secondary N) is 2. The van der Waals surface area contributed by atoms with Gasteiger partial charge in [-0.1, -0.05) is 78.5 Å². The molecular weight excluding hydrogens is 528 g/mol. The Morgan fingerprint density at radius 1 is 0.943 bits per heavy atom. The number of para-hydroxylation sites is 1. The van der Waals surface area contributed by atoms with Gasteiger partial charge in [0, 0.05) is 31.3 Å². The fraction of sp³-hybridized carbons (Fsp3) is 0.200. The second kappa shape index (κ2) is 12.9. The number of hydrogen-bond acceptors (Lipinski definition) is 8. The smallest absolute Gasteiger partial charge is 0.236 e. The van der Waals surface area contributed by atoms with Gasteiger partial charge >= 0.3 is 0 Å². The Bertz CT molecular complexity index is 1180. The number of halogens is 1. The number of benzene rings is 3. The first kappa shape index (κ1) is 26.2. The molecule has 1 unspecified atom stereocenters. The molecule has 0 saturated heterocycles. The minimum absolute atomic E-state index is 0. The van der Waals surface area contributed by atoms with E-state index < -0.39 is 0 Å². The van der Waals surface area contributed by atoms with E-state index in [9.17, 15) is 10.1 Å². The molecule has 1 aliphatic rings. The predicted molar refractivity (Wildman–Crippen MR) is 148 cm³/mol. The minimum Gasteiger partial charge on any atom is -0.379 e. The predicted octanol–water partition coefficient (Wildman–Crippen LogP) is 6.65. The highest BCUT2D eigenvalue weighted by molar-refractivity contribution is 8.93. The Labute approximate surface area is 219 Å². The van der Waals surface area contributed by atoms with Crippen LogP contribution in [0.25, 0.3) is 0 Å². The molecule has 0 radical (unpaired) electrons. The van der Waals surface area contributed by atoms with Crippen LogP contribution in [0.4, 0.5) is 17.1 Å². The number of azo groups is 1. The summed E-state index contributed by atoms with van der Waals surface area (Å²) in [5.74, 6) is 0. The third kappa shape index (κ3) is 7.56. The maximum Gasteiger partial charge on any atom is 0.236 e. The molecule has 2 N–H and O–H groups in total. The third-order valence-electron chi connectivity index (χ3n) is 5.18. The van der Waals surface area contributed by atoms with Gasteiger partial charge in [0.05, 0.1) is 16.3 Å². The lowest BCUT2D eigenvalue weighted by Gasteiger charge is -2.17. The third-order valence-corrected chi connectivity index (χ3v) is 6.36. The van der Waals surface area contributed by atoms with Crippen molar-refractivity contribution in [1.82, 2.24) is 4.90 Å². The highest BCUT2D eigenvalue weighted by Crippen LogP contribution is 2.37. The quantitative estimate of drug-likeness (QED) is 0.165. The molecule has 0 spiro atoms. The molecule has 0 bridgehead atoms. The Balaban J connectivity index is 0.00000342. The van der Waals surface area contributed by atoms with Crippen LogP contribution in [0.3, 0.4) is 0 Å². The Morgan fingerprint density at radius 3 is 2.20 bits per heavy atom. The maximum atomic E-state index is 10.8. The Kier molecular flexibility index (Phi) is 9.68. The first-order valence-electron chi connectivity index (χ1n) is 10.9. The molecule has 0 saturated carbocycles. The SMILES string of the molecule is Br.CN1C=C(C[N+](=O)[O-])SC1N=Nc1cccc(NCc2ccccc2)c1NCc1ccccc1. The maximum absolute atomic E-state index is 10.8. The second-order valence-electron chi connectivity index (χ2n) is 7.79. The molecule has 8 nitrogen and oxygen atoms in total. The van der Waals surface area contributed by atoms with Gasteiger partial charge in [-0.25, -0.2) is 0 Å². The average molecular weight is 556 g/mol. The standard InChI is InChI=1S/C25H26N6O2S.BrH/c1-30-17-21(18-31(32)33)34-25(30)29-28-23-14-8-13-22(26-15-19-9-4-2-5-10-19)24(23)27-16-20-11-6-3-7-12-20;/h2-14,17,25-27H,15-16,18H2,1H3;1H. The molecule has 0 aliphatic carbocycles. The van der Waals surface area contributed by atoms with Crippen molar-refractivity contribution >= 4 is 45.8 Å². The molecule has 0 amide bonds. The van der Waals surface area contributed by atoms with Crippen molar-refractivity contribution in [2.45, 2.75) is 18.6 Å². The van der Waals surface area contributed by atoms with E-state index in [-0.39, 0.29) is 33.9 Å². The van der Waals surface area contributed by atoms with Gasteiger partial charge < -0.3 is 15.5 Å². The van der Waals surface area contributed by atoms with E-state index in [1.54, 1.807) is 6.20 Å². The van der Waals surface area contributed by atoms with Gasteiger partial charge in [0.2, 0.25) is 6.54 Å². The summed E-state index contributed by atoms with van der Waals surface area (Å²) in [4.78, 5) is 13.0. The normalized spacial score (nSPS) is 14.9. The van der Waals surface area contributed by atoms with Crippen LogP contribution >= 0.6 is 28.7 Å². The van der Waals surface area contributed by atoms with E-state index in [0.717, 1.165) is 16.9 Å². The van der Waals surface area contributed by atoms with E-state index in [1.165, 1.54) is 17.3 Å². The fourth-order valence-electron chi connectivity index (χ4n) is 3.50. The first-order chi connectivity index (χ1) is 16.6. The van der Waals surface area contributed by atoms with Gasteiger partial charge in [-0.3, -0.25) is 10.1 Å². The number of nitrogens with zero attached hydrogens (tertiary/aromatic N) is 4. The molecule has 3 aromatic rings. The van der Waals surface area contributed by atoms with Crippen molar-refractivity contribution in [2.24, 2.45) is 10.2 Å². The van der Waals surface area contributed by atoms with Crippen molar-refractivity contribution in [1.29, 1.82) is 0 Å². The summed E-state index contributed by atoms with van der Waals surface area (Å²) < 4.78 is 0. The molecule has 182 valence electrons. The average Bonchev–Trinajstić information content (AvgIpc) is 3.19. The van der Waals surface area contributed by atoms with Gasteiger partial charge in [0.1, 0.15) is 5.69 Å². The van der Waals surface area contributed by atoms with Crippen molar-refractivity contribution in [3.63, 3.8) is 0 Å². The van der Waals surface area contributed by atoms with Gasteiger partial charge in [-0.05, 0) is 23.3 Å². The van der Waals surface area contributed by atoms with Crippen LogP contribution in [0.1, 0.15) is 11.1 Å². The van der Waals surface area contributed by atoms with Crippen molar-refractivity contribution in [3.8, 4) is 0 Å². The number of rotatable bonds is 10. The Morgan fingerprint density at radius 2 is 1.57 bits per heavy atom. The molecule has 4 rings (SSSR count). The topological polar surface area (TPSA) is 95.2 Å². The molecule has 35 heavy (non-hydrogen) atoms. The summed E-state index contributed by atoms with van der Waals surface area (Å²) in [5, 5.41) is 26.9. The van der Waals surface area contributed by atoms with Gasteiger partial charge in [0.25, 0.3) is 0 Å². The van der Waals surface area contributed by atoms with E-state index in [1.807, 2.05) is 66.5 Å². The second-order valence-corrected chi connectivity index (χ2v) is 8.97. The first-order valence-corrected chi connectivity index (χ1v) is 11.8. The van der Waals surface area contributed by atoms with Crippen LogP contribution in [0.2, 0.25) is 0 Å². The van der Waals surface area contributed by atoms with Gasteiger partial charge in [0.15, 0.2) is 5.50 Å². The monoisotopic (exact) mass is 554 g/mol. The fourth-order valence-corrected chi connectivity index (χ4v) is 4.50. The summed E-state index contributed by atoms with van der Waals surface area (Å²) in [7, 11) is 1.84. The highest BCUT2D eigenvalue weighted by atomic mass is 79.9. The van der Waals surface area contributed by atoms with Crippen LogP contribution in [0, 0.1) is 10.1 Å². The summed E-state index contributed by atoms with van der Waals surface area (Å²) in [6.07, 6.45) is 1.75. The zero-order valence-corrected chi connectivity index (χ0v) is 21.7. The van der Waals surface area contributed by atoms with E-state index >= 15 is 0 Å². The number of nitro groups is 1. The van der Waals surface area contributed by atoms with E-state index in [0.29, 0.717) is 23.7 Å². The van der Waals surface area contributed by atoms with Crippen LogP contribution in [0.15, 0.2) is 100 Å². The zero-order chi connectivity index (χ0) is 23.8. The number of anilines is 2. The molecule has 0 aromatic heterocycles. The number of hydrogen-bond donors (Lipinski definition) is 2. The summed E-state index contributed by atoms with van der Waals surface area (Å²) >= 11 is 1.34. The van der Waals surface area contributed by atoms with Crippen molar-refractivity contribution < 1.29 is 4.92 Å². The molecule has 10 heteroatoms. The van der Waals surface area contributed by atoms with Gasteiger partial charge in [-0.2, -0.15) is 10.2 Å². The van der Waals surface area contributed by atoms with Crippen molar-refractivity contribution in [2.75, 3.05) is 24.2 Å². The molecule has 1 aliphatic heterocycles. The lowest BCUT2D eigenvalue weighted by atomic mass is 10.1. The van der Waals surface area contributed by atoms with Crippen LogP contribution in [0.5, 0.6) is 0 Å². The largest absolute Gasteiger partial charge is 0.379 e. The lowest BCUT2D eigenvalue weighted by molar-refractivity contribution is -0.469. The molecule has 1 atom stereocenters. The van der Waals surface area contributed by atoms with E-state index in [4.69, 9.17) is 0 Å². The van der Waals surface area contributed by atoms with E-state index in [2.05, 4.69) is 45.1 Å². The summed E-state index contributed by atoms with van der Waals surface area (Å²) in [6.45, 7) is 1.11. The van der Waals surface area contributed by atoms with Crippen LogP contribution in [-0.4, -0.2) is 28.9 Å². The summed E-state index contributed by atoms with van der Waals surface area (Å²) in [6, 6.07) is 26.2. The van der Waals surface area contributed by atoms with Crippen LogP contribution in [-0.2, 0) is 13.1 Å². The number of thioether (sulfide) groups is 1. The molecular formula is C25H27BrN6O2S. The van der Waals surface area contributed by atoms with Crippen LogP contribution < -0.4 is 10.6 Å². The molecule has 3 aromatic carbocycles.